The van der Waals surface area contributed by atoms with E-state index in [1.165, 1.54) is 5.06 Å². The zero-order valence-corrected chi connectivity index (χ0v) is 14.1. The Kier molecular flexibility index (Phi) is 4.16. The molecule has 0 amide bonds. The minimum atomic E-state index is -3.62. The van der Waals surface area contributed by atoms with Crippen LogP contribution in [-0.4, -0.2) is 14.2 Å². The summed E-state index contributed by atoms with van der Waals surface area (Å²) >= 11 is 1.62. The maximum absolute atomic E-state index is 12.2. The van der Waals surface area contributed by atoms with Crippen LogP contribution >= 0.6 is 11.8 Å². The molecule has 0 saturated heterocycles. The van der Waals surface area contributed by atoms with Crippen LogP contribution in [0.2, 0.25) is 0 Å². The van der Waals surface area contributed by atoms with Crippen LogP contribution in [0.25, 0.3) is 0 Å². The van der Waals surface area contributed by atoms with Gasteiger partial charge in [0.25, 0.3) is 10.1 Å². The summed E-state index contributed by atoms with van der Waals surface area (Å²) in [5.41, 5.74) is 2.53. The molecule has 2 aromatic carbocycles. The summed E-state index contributed by atoms with van der Waals surface area (Å²) in [5, 5.41) is 1.46. The molecular formula is C16H17NO3S2. The van der Waals surface area contributed by atoms with Gasteiger partial charge in [-0.2, -0.15) is 8.42 Å². The fourth-order valence-electron chi connectivity index (χ4n) is 2.40. The number of hydrogen-bond donors (Lipinski definition) is 0. The van der Waals surface area contributed by atoms with Crippen LogP contribution in [0.1, 0.15) is 18.9 Å². The fraction of sp³-hybridized carbons (Fsp3) is 0.250. The standard InChI is InChI=1S/C16H17NO3S2/c1-3-11-22(18,19)20-17-13-8-4-5-9-14(13)21-15-10-6-7-12(2)16(15)17/h4-10H,3,11H2,1-2H3. The van der Waals surface area contributed by atoms with E-state index >= 15 is 0 Å². The first-order valence-electron chi connectivity index (χ1n) is 7.11. The van der Waals surface area contributed by atoms with Crippen molar-refractivity contribution in [2.24, 2.45) is 0 Å². The number of anilines is 2. The van der Waals surface area contributed by atoms with E-state index in [1.54, 1.807) is 11.8 Å². The highest BCUT2D eigenvalue weighted by Crippen LogP contribution is 2.49. The second-order valence-electron chi connectivity index (χ2n) is 5.12. The number of rotatable bonds is 4. The van der Waals surface area contributed by atoms with Gasteiger partial charge in [-0.3, -0.25) is 0 Å². The molecule has 0 radical (unpaired) electrons. The van der Waals surface area contributed by atoms with Gasteiger partial charge in [0.05, 0.1) is 17.1 Å². The van der Waals surface area contributed by atoms with Gasteiger partial charge in [-0.25, -0.2) is 5.06 Å². The Bertz CT molecular complexity index is 803. The number of para-hydroxylation sites is 2. The van der Waals surface area contributed by atoms with Crippen LogP contribution < -0.4 is 5.06 Å². The van der Waals surface area contributed by atoms with Gasteiger partial charge in [0.15, 0.2) is 0 Å². The summed E-state index contributed by atoms with van der Waals surface area (Å²) in [6.07, 6.45) is 0.521. The SMILES string of the molecule is CCCS(=O)(=O)ON1c2ccccc2Sc2cccc(C)c21. The summed E-state index contributed by atoms with van der Waals surface area (Å²) in [7, 11) is -3.62. The minimum absolute atomic E-state index is 0.0000241. The van der Waals surface area contributed by atoms with E-state index < -0.39 is 10.1 Å². The lowest BCUT2D eigenvalue weighted by atomic mass is 10.2. The number of nitrogens with zero attached hydrogens (tertiary/aromatic N) is 1. The van der Waals surface area contributed by atoms with Crippen LogP contribution in [0.3, 0.4) is 0 Å². The summed E-state index contributed by atoms with van der Waals surface area (Å²) in [5.74, 6) is 0.0000241. The van der Waals surface area contributed by atoms with Crippen molar-refractivity contribution in [2.75, 3.05) is 10.8 Å². The van der Waals surface area contributed by atoms with Crippen LogP contribution in [0.15, 0.2) is 52.3 Å². The molecule has 0 N–H and O–H groups in total. The molecular weight excluding hydrogens is 318 g/mol. The average Bonchev–Trinajstić information content (AvgIpc) is 2.46. The van der Waals surface area contributed by atoms with Crippen molar-refractivity contribution in [1.82, 2.24) is 0 Å². The highest BCUT2D eigenvalue weighted by molar-refractivity contribution is 7.99. The van der Waals surface area contributed by atoms with Gasteiger partial charge in [0.1, 0.15) is 0 Å². The highest BCUT2D eigenvalue weighted by Gasteiger charge is 2.29. The molecule has 0 saturated carbocycles. The molecule has 0 aromatic heterocycles. The molecule has 0 spiro atoms. The molecule has 22 heavy (non-hydrogen) atoms. The second kappa shape index (κ2) is 5.95. The molecule has 0 atom stereocenters. The van der Waals surface area contributed by atoms with E-state index in [9.17, 15) is 8.42 Å². The molecule has 0 fully saturated rings. The van der Waals surface area contributed by atoms with Crippen molar-refractivity contribution < 1.29 is 12.7 Å². The van der Waals surface area contributed by atoms with E-state index in [4.69, 9.17) is 4.28 Å². The maximum atomic E-state index is 12.2. The Morgan fingerprint density at radius 3 is 2.59 bits per heavy atom. The summed E-state index contributed by atoms with van der Waals surface area (Å²) in [6, 6.07) is 13.6. The smallest absolute Gasteiger partial charge is 0.202 e. The van der Waals surface area contributed by atoms with Crippen LogP contribution in [0, 0.1) is 6.92 Å². The number of benzene rings is 2. The topological polar surface area (TPSA) is 46.6 Å². The molecule has 0 aliphatic carbocycles. The first-order valence-corrected chi connectivity index (χ1v) is 9.50. The molecule has 2 aromatic rings. The molecule has 3 rings (SSSR count). The first kappa shape index (κ1) is 15.4. The van der Waals surface area contributed by atoms with E-state index in [0.717, 1.165) is 26.7 Å². The van der Waals surface area contributed by atoms with E-state index in [0.29, 0.717) is 6.42 Å². The predicted octanol–water partition coefficient (Wildman–Crippen LogP) is 4.27. The van der Waals surface area contributed by atoms with Crippen LogP contribution in [0.4, 0.5) is 11.4 Å². The summed E-state index contributed by atoms with van der Waals surface area (Å²) in [4.78, 5) is 1.97. The normalized spacial score (nSPS) is 13.6. The minimum Gasteiger partial charge on any atom is -0.202 e. The van der Waals surface area contributed by atoms with Gasteiger partial charge in [-0.05, 0) is 37.1 Å². The van der Waals surface area contributed by atoms with Gasteiger partial charge < -0.3 is 0 Å². The quantitative estimate of drug-likeness (QED) is 0.835. The van der Waals surface area contributed by atoms with Gasteiger partial charge in [-0.1, -0.05) is 43.0 Å². The summed E-state index contributed by atoms with van der Waals surface area (Å²) in [6.45, 7) is 3.77. The van der Waals surface area contributed by atoms with Crippen molar-refractivity contribution in [1.29, 1.82) is 0 Å². The maximum Gasteiger partial charge on any atom is 0.288 e. The third-order valence-corrected chi connectivity index (χ3v) is 5.75. The van der Waals surface area contributed by atoms with E-state index in [1.807, 2.05) is 56.3 Å². The van der Waals surface area contributed by atoms with Gasteiger partial charge >= 0.3 is 0 Å². The van der Waals surface area contributed by atoms with Crippen molar-refractivity contribution in [3.8, 4) is 0 Å². The van der Waals surface area contributed by atoms with Crippen LogP contribution in [-0.2, 0) is 14.4 Å². The van der Waals surface area contributed by atoms with E-state index in [2.05, 4.69) is 0 Å². The second-order valence-corrected chi connectivity index (χ2v) is 7.88. The molecule has 0 unspecified atom stereocenters. The molecule has 116 valence electrons. The average molecular weight is 335 g/mol. The van der Waals surface area contributed by atoms with Crippen molar-refractivity contribution in [3.63, 3.8) is 0 Å². The number of fused-ring (bicyclic) bond motifs is 2. The molecule has 4 nitrogen and oxygen atoms in total. The first-order chi connectivity index (χ1) is 10.5. The Morgan fingerprint density at radius 2 is 1.82 bits per heavy atom. The van der Waals surface area contributed by atoms with Crippen LogP contribution in [0.5, 0.6) is 0 Å². The Labute approximate surface area is 135 Å². The lowest BCUT2D eigenvalue weighted by Gasteiger charge is -2.31. The Hall–Kier alpha value is -1.50. The van der Waals surface area contributed by atoms with E-state index in [-0.39, 0.29) is 5.75 Å². The zero-order chi connectivity index (χ0) is 15.7. The summed E-state index contributed by atoms with van der Waals surface area (Å²) < 4.78 is 29.8. The van der Waals surface area contributed by atoms with Crippen molar-refractivity contribution >= 4 is 33.3 Å². The van der Waals surface area contributed by atoms with Gasteiger partial charge in [-0.15, -0.1) is 4.28 Å². The van der Waals surface area contributed by atoms with Gasteiger partial charge in [0.2, 0.25) is 0 Å². The largest absolute Gasteiger partial charge is 0.288 e. The number of hydrogen-bond acceptors (Lipinski definition) is 5. The molecule has 1 aliphatic heterocycles. The van der Waals surface area contributed by atoms with Crippen molar-refractivity contribution in [2.45, 2.75) is 30.1 Å². The monoisotopic (exact) mass is 335 g/mol. The molecule has 6 heteroatoms. The molecule has 1 heterocycles. The fourth-order valence-corrected chi connectivity index (χ4v) is 4.49. The number of aryl methyl sites for hydroxylation is 1. The van der Waals surface area contributed by atoms with Crippen molar-refractivity contribution in [3.05, 3.63) is 48.0 Å². The Morgan fingerprint density at radius 1 is 1.09 bits per heavy atom. The Balaban J connectivity index is 2.12. The lowest BCUT2D eigenvalue weighted by Crippen LogP contribution is -2.27. The van der Waals surface area contributed by atoms with Gasteiger partial charge in [0, 0.05) is 9.79 Å². The molecule has 0 bridgehead atoms. The molecule has 1 aliphatic rings. The third kappa shape index (κ3) is 2.86. The predicted molar refractivity (Wildman–Crippen MR) is 89.0 cm³/mol. The third-order valence-electron chi connectivity index (χ3n) is 3.35. The highest BCUT2D eigenvalue weighted by atomic mass is 32.2. The zero-order valence-electron chi connectivity index (χ0n) is 12.4. The lowest BCUT2D eigenvalue weighted by molar-refractivity contribution is 0.319.